The van der Waals surface area contributed by atoms with Crippen LogP contribution in [0.5, 0.6) is 0 Å². The molecule has 90 heavy (non-hydrogen) atoms. The van der Waals surface area contributed by atoms with Gasteiger partial charge in [-0.05, 0) is 152 Å². The summed E-state index contributed by atoms with van der Waals surface area (Å²) in [4.78, 5) is 26.7. The lowest BCUT2D eigenvalue weighted by molar-refractivity contribution is 1.14. The topological polar surface area (TPSA) is 87.2 Å². The average Bonchev–Trinajstić information content (AvgIpc) is 1.65. The summed E-state index contributed by atoms with van der Waals surface area (Å²) in [6.45, 7) is 0. The molecule has 0 saturated carbocycles. The van der Waals surface area contributed by atoms with Gasteiger partial charge in [0.1, 0.15) is 9.21 Å². The number of aromatic nitrogens is 8. The summed E-state index contributed by atoms with van der Waals surface area (Å²) in [5.74, 6) is 0. The highest BCUT2D eigenvalue weighted by molar-refractivity contribution is 9.11. The molecule has 12 heteroatoms. The van der Waals surface area contributed by atoms with Crippen LogP contribution >= 0.6 is 63.7 Å². The molecular formula is C78H52Br4N8. The third-order valence-corrected chi connectivity index (χ3v) is 16.9. The first-order valence-electron chi connectivity index (χ1n) is 29.0. The molecule has 16 rings (SSSR count). The number of hydrogen-bond acceptors (Lipinski definition) is 6. The molecule has 16 aromatic rings. The van der Waals surface area contributed by atoms with Gasteiger partial charge >= 0.3 is 0 Å². The molecule has 0 radical (unpaired) electrons. The van der Waals surface area contributed by atoms with Gasteiger partial charge in [0, 0.05) is 77.7 Å². The molecule has 8 nitrogen and oxygen atoms in total. The molecule has 0 N–H and O–H groups in total. The van der Waals surface area contributed by atoms with Gasteiger partial charge < -0.3 is 9.13 Å². The van der Waals surface area contributed by atoms with Crippen molar-refractivity contribution < 1.29 is 0 Å². The van der Waals surface area contributed by atoms with E-state index in [0.29, 0.717) is 0 Å². The molecule has 432 valence electrons. The van der Waals surface area contributed by atoms with Crippen molar-refractivity contribution in [2.24, 2.45) is 0 Å². The van der Waals surface area contributed by atoms with Crippen molar-refractivity contribution in [1.82, 2.24) is 39.0 Å². The first-order valence-corrected chi connectivity index (χ1v) is 32.2. The van der Waals surface area contributed by atoms with E-state index >= 15 is 0 Å². The maximum Gasteiger partial charge on any atom is 0.108 e. The smallest absolute Gasteiger partial charge is 0.108 e. The number of pyridine rings is 6. The van der Waals surface area contributed by atoms with Crippen molar-refractivity contribution >= 4 is 107 Å². The Hall–Kier alpha value is -9.82. The van der Waals surface area contributed by atoms with Crippen molar-refractivity contribution in [3.05, 3.63) is 334 Å². The van der Waals surface area contributed by atoms with Crippen LogP contribution in [0.2, 0.25) is 0 Å². The summed E-state index contributed by atoms with van der Waals surface area (Å²) < 4.78 is 8.30. The van der Waals surface area contributed by atoms with Gasteiger partial charge in [-0.3, -0.25) is 9.97 Å². The van der Waals surface area contributed by atoms with Gasteiger partial charge in [0.05, 0.1) is 61.9 Å². The lowest BCUT2D eigenvalue weighted by atomic mass is 9.96. The van der Waals surface area contributed by atoms with Gasteiger partial charge in [0.15, 0.2) is 0 Å². The Morgan fingerprint density at radius 1 is 0.244 bits per heavy atom. The summed E-state index contributed by atoms with van der Waals surface area (Å²) >= 11 is 14.1. The lowest BCUT2D eigenvalue weighted by Crippen LogP contribution is -1.94. The highest BCUT2D eigenvalue weighted by Gasteiger charge is 2.16. The Balaban J connectivity index is 0.000000114. The minimum Gasteiger partial charge on any atom is -0.309 e. The molecule has 0 aliphatic heterocycles. The van der Waals surface area contributed by atoms with E-state index in [1.54, 1.807) is 12.4 Å². The molecule has 0 amide bonds. The zero-order valence-corrected chi connectivity index (χ0v) is 54.5. The SMILES string of the molecule is Brc1cc(-c2ccccc2)c(-c2ccc(-n3c4ccccc4c4ccccc43)cc2)cn1.Brc1cc(-c2ccccc2)nc(-c2ccccc2)c1.Brc1cc(-c2ccccn2)nc(-c2ccccn2)c1.Brc1cc(-n2c3ccccc3c3ccccc32)ccn1. The monoisotopic (exact) mass is 1420 g/mol. The van der Waals surface area contributed by atoms with Gasteiger partial charge in [-0.15, -0.1) is 0 Å². The number of nitrogens with zero attached hydrogens (tertiary/aromatic N) is 8. The highest BCUT2D eigenvalue weighted by atomic mass is 79.9. The molecule has 8 heterocycles. The van der Waals surface area contributed by atoms with Crippen LogP contribution in [-0.4, -0.2) is 39.0 Å². The Morgan fingerprint density at radius 3 is 1.07 bits per heavy atom. The molecule has 0 aliphatic carbocycles. The third-order valence-electron chi connectivity index (χ3n) is 15.1. The first-order chi connectivity index (χ1) is 44.3. The van der Waals surface area contributed by atoms with Gasteiger partial charge in [0.25, 0.3) is 0 Å². The minimum atomic E-state index is 0.829. The second-order valence-corrected chi connectivity index (χ2v) is 24.3. The Bertz CT molecular complexity index is 4760. The van der Waals surface area contributed by atoms with Crippen LogP contribution in [0.15, 0.2) is 334 Å². The van der Waals surface area contributed by atoms with E-state index in [-0.39, 0.29) is 0 Å². The van der Waals surface area contributed by atoms with E-state index in [1.165, 1.54) is 49.2 Å². The fraction of sp³-hybridized carbons (Fsp3) is 0. The Kier molecular flexibility index (Phi) is 18.2. The van der Waals surface area contributed by atoms with Crippen molar-refractivity contribution in [1.29, 1.82) is 0 Å². The van der Waals surface area contributed by atoms with E-state index in [0.717, 1.165) is 91.5 Å². The van der Waals surface area contributed by atoms with Crippen LogP contribution in [0, 0.1) is 0 Å². The van der Waals surface area contributed by atoms with Crippen LogP contribution in [0.25, 0.3) is 123 Å². The Labute approximate surface area is 554 Å². The van der Waals surface area contributed by atoms with E-state index < -0.39 is 0 Å². The van der Waals surface area contributed by atoms with Gasteiger partial charge in [-0.25, -0.2) is 19.9 Å². The van der Waals surface area contributed by atoms with Crippen LogP contribution in [-0.2, 0) is 0 Å². The van der Waals surface area contributed by atoms with E-state index in [2.05, 4.69) is 274 Å². The molecule has 0 bridgehead atoms. The molecule has 8 aromatic carbocycles. The average molecular weight is 1420 g/mol. The minimum absolute atomic E-state index is 0.829. The van der Waals surface area contributed by atoms with Crippen LogP contribution < -0.4 is 0 Å². The number of benzene rings is 8. The molecule has 8 aromatic heterocycles. The highest BCUT2D eigenvalue weighted by Crippen LogP contribution is 2.37. The molecule has 0 atom stereocenters. The van der Waals surface area contributed by atoms with Crippen molar-refractivity contribution in [3.8, 4) is 78.9 Å². The second kappa shape index (κ2) is 27.7. The molecule has 0 saturated heterocycles. The zero-order chi connectivity index (χ0) is 61.2. The maximum atomic E-state index is 4.74. The fourth-order valence-corrected chi connectivity index (χ4v) is 12.6. The molecule has 0 unspecified atom stereocenters. The van der Waals surface area contributed by atoms with Crippen LogP contribution in [0.3, 0.4) is 0 Å². The van der Waals surface area contributed by atoms with Crippen molar-refractivity contribution in [2.45, 2.75) is 0 Å². The Morgan fingerprint density at radius 2 is 0.622 bits per heavy atom. The summed E-state index contributed by atoms with van der Waals surface area (Å²) in [5.41, 5.74) is 19.3. The van der Waals surface area contributed by atoms with Gasteiger partial charge in [-0.1, -0.05) is 220 Å². The zero-order valence-electron chi connectivity index (χ0n) is 48.1. The summed E-state index contributed by atoms with van der Waals surface area (Å²) in [7, 11) is 0. The number of hydrogen-bond donors (Lipinski definition) is 0. The molecule has 0 aliphatic rings. The predicted molar refractivity (Wildman–Crippen MR) is 385 cm³/mol. The fourth-order valence-electron chi connectivity index (χ4n) is 11.0. The normalized spacial score (nSPS) is 10.9. The lowest BCUT2D eigenvalue weighted by Gasteiger charge is -2.12. The summed E-state index contributed by atoms with van der Waals surface area (Å²) in [6.07, 6.45) is 7.29. The van der Waals surface area contributed by atoms with E-state index in [1.807, 2.05) is 128 Å². The van der Waals surface area contributed by atoms with Crippen LogP contribution in [0.4, 0.5) is 0 Å². The number of fused-ring (bicyclic) bond motifs is 6. The molecular weight excluding hydrogens is 1370 g/mol. The van der Waals surface area contributed by atoms with Crippen molar-refractivity contribution in [2.75, 3.05) is 0 Å². The number of para-hydroxylation sites is 4. The molecule has 0 spiro atoms. The molecule has 0 fully saturated rings. The van der Waals surface area contributed by atoms with E-state index in [4.69, 9.17) is 4.98 Å². The first kappa shape index (κ1) is 59.2. The maximum absolute atomic E-state index is 4.74. The van der Waals surface area contributed by atoms with Crippen LogP contribution in [0.1, 0.15) is 0 Å². The summed E-state index contributed by atoms with van der Waals surface area (Å²) in [6, 6.07) is 99.5. The second-order valence-electron chi connectivity index (χ2n) is 20.8. The van der Waals surface area contributed by atoms with Gasteiger partial charge in [0.2, 0.25) is 0 Å². The number of rotatable bonds is 8. The van der Waals surface area contributed by atoms with Crippen molar-refractivity contribution in [3.63, 3.8) is 0 Å². The third kappa shape index (κ3) is 13.3. The van der Waals surface area contributed by atoms with Gasteiger partial charge in [-0.2, -0.15) is 0 Å². The largest absolute Gasteiger partial charge is 0.309 e. The van der Waals surface area contributed by atoms with E-state index in [9.17, 15) is 0 Å². The quantitative estimate of drug-likeness (QED) is 0.141. The number of halogens is 4. The summed E-state index contributed by atoms with van der Waals surface area (Å²) in [5, 5.41) is 5.10. The standard InChI is InChI=1S/C29H19BrN2.C17H11BrN2.C17H12BrN.C15H10BrN3/c30-29-18-25(20-8-2-1-3-9-20)26(19-31-29)21-14-16-22(17-15-21)32-27-12-6-4-10-23(27)24-11-5-7-13-28(24)32;18-17-11-12(9-10-19-17)20-15-7-3-1-5-13(15)14-6-2-4-8-16(14)20;18-15-11-16(13-7-3-1-4-8-13)19-17(12-15)14-9-5-2-6-10-14;16-11-9-14(12-5-1-3-7-17-12)19-15(10-11)13-6-2-4-8-18-13/h1-19H;1-11H;1-12H;1-10H. The predicted octanol–water partition coefficient (Wildman–Crippen LogP) is 22.4.